The van der Waals surface area contributed by atoms with Crippen LogP contribution in [0.1, 0.15) is 41.5 Å². The molecule has 0 aliphatic carbocycles. The van der Waals surface area contributed by atoms with Crippen LogP contribution in [0, 0.1) is 17.8 Å². The Morgan fingerprint density at radius 1 is 1.00 bits per heavy atom. The molecule has 3 heteroatoms. The number of hydrogen-bond acceptors (Lipinski definition) is 1. The van der Waals surface area contributed by atoms with Crippen LogP contribution in [0.4, 0.5) is 0 Å². The Morgan fingerprint density at radius 2 is 1.27 bits per heavy atom. The third-order valence-electron chi connectivity index (χ3n) is 1.77. The summed E-state index contributed by atoms with van der Waals surface area (Å²) < 4.78 is 0. The van der Waals surface area contributed by atoms with Gasteiger partial charge in [0.05, 0.1) is 5.92 Å². The van der Waals surface area contributed by atoms with E-state index in [9.17, 15) is 4.79 Å². The van der Waals surface area contributed by atoms with Gasteiger partial charge >= 0.3 is 5.97 Å². The van der Waals surface area contributed by atoms with E-state index < -0.39 is 5.97 Å². The van der Waals surface area contributed by atoms with Crippen LogP contribution in [0.25, 0.3) is 0 Å². The summed E-state index contributed by atoms with van der Waals surface area (Å²) in [6.07, 6.45) is 0. The molecular weight excluding hydrogens is 203 g/mol. The monoisotopic (exact) mass is 229 g/mol. The fourth-order valence-corrected chi connectivity index (χ4v) is 2.29. The Kier molecular flexibility index (Phi) is 12.2. The minimum absolute atomic E-state index is 0.231. The third kappa shape index (κ3) is 20.2. The summed E-state index contributed by atoms with van der Waals surface area (Å²) in [5, 5.41) is 11.0. The minimum Gasteiger partial charge on any atom is -0.481 e. The van der Waals surface area contributed by atoms with Crippen LogP contribution in [-0.4, -0.2) is 26.3 Å². The van der Waals surface area contributed by atoms with E-state index in [-0.39, 0.29) is 5.92 Å². The quantitative estimate of drug-likeness (QED) is 0.732. The highest BCUT2D eigenvalue weighted by molar-refractivity contribution is 6.35. The lowest BCUT2D eigenvalue weighted by Gasteiger charge is -2.03. The molecule has 0 aliphatic heterocycles. The van der Waals surface area contributed by atoms with Gasteiger partial charge in [-0.2, -0.15) is 0 Å². The molecule has 0 saturated carbocycles. The first-order chi connectivity index (χ1) is 6.77. The topological polar surface area (TPSA) is 37.3 Å². The van der Waals surface area contributed by atoms with Crippen molar-refractivity contribution in [2.45, 2.75) is 52.1 Å². The van der Waals surface area contributed by atoms with E-state index in [4.69, 9.17) is 5.11 Å². The molecule has 0 atom stereocenters. The van der Waals surface area contributed by atoms with Gasteiger partial charge in [0, 0.05) is 0 Å². The van der Waals surface area contributed by atoms with Crippen molar-refractivity contribution in [1.82, 2.24) is 0 Å². The molecule has 0 heterocycles. The minimum atomic E-state index is -0.741. The highest BCUT2D eigenvalue weighted by Crippen LogP contribution is 2.05. The van der Waals surface area contributed by atoms with Crippen LogP contribution in [0.5, 0.6) is 0 Å². The van der Waals surface area contributed by atoms with Crippen molar-refractivity contribution in [3.8, 4) is 0 Å². The molecule has 0 spiro atoms. The van der Waals surface area contributed by atoms with Crippen LogP contribution < -0.4 is 0 Å². The number of hydrogen-bond donors (Lipinski definition) is 1. The van der Waals surface area contributed by atoms with Crippen LogP contribution in [0.3, 0.4) is 0 Å². The van der Waals surface area contributed by atoms with Crippen molar-refractivity contribution in [3.63, 3.8) is 0 Å². The fraction of sp³-hybridized carbons (Fsp3) is 0.917. The van der Waals surface area contributed by atoms with Crippen molar-refractivity contribution in [2.24, 2.45) is 17.8 Å². The molecule has 0 aromatic heterocycles. The summed E-state index contributed by atoms with van der Waals surface area (Å²) in [4.78, 5) is 9.70. The second-order valence-electron chi connectivity index (χ2n) is 5.04. The van der Waals surface area contributed by atoms with Gasteiger partial charge in [0.25, 0.3) is 0 Å². The molecule has 2 nitrogen and oxygen atoms in total. The van der Waals surface area contributed by atoms with E-state index in [2.05, 4.69) is 27.7 Å². The average Bonchev–Trinajstić information content (AvgIpc) is 2.03. The molecule has 0 amide bonds. The molecule has 0 unspecified atom stereocenters. The van der Waals surface area contributed by atoms with E-state index in [1.54, 1.807) is 13.8 Å². The lowest BCUT2D eigenvalue weighted by atomic mass is 10.2. The van der Waals surface area contributed by atoms with E-state index in [0.717, 1.165) is 27.1 Å². The van der Waals surface area contributed by atoms with E-state index in [1.165, 1.54) is 10.6 Å². The predicted octanol–water partition coefficient (Wildman–Crippen LogP) is 3.57. The molecular formula is C12H26AlO2. The second kappa shape index (κ2) is 10.5. The number of rotatable bonds is 5. The van der Waals surface area contributed by atoms with Crippen molar-refractivity contribution in [3.05, 3.63) is 0 Å². The molecule has 89 valence electrons. The van der Waals surface area contributed by atoms with Crippen LogP contribution >= 0.6 is 0 Å². The molecule has 0 bridgehead atoms. The Hall–Kier alpha value is 0.00247. The zero-order chi connectivity index (χ0) is 12.4. The fourth-order valence-electron chi connectivity index (χ4n) is 0.763. The van der Waals surface area contributed by atoms with Crippen LogP contribution in [0.2, 0.25) is 10.6 Å². The highest BCUT2D eigenvalue weighted by atomic mass is 27.1. The Bertz CT molecular complexity index is 146. The highest BCUT2D eigenvalue weighted by Gasteiger charge is 1.99. The molecule has 1 N–H and O–H groups in total. The summed E-state index contributed by atoms with van der Waals surface area (Å²) in [7, 11) is 0. The van der Waals surface area contributed by atoms with Gasteiger partial charge in [-0.05, 0) is 0 Å². The smallest absolute Gasteiger partial charge is 0.305 e. The standard InChI is InChI=1S/C4H8O2.2C4H9.Al/c1-3(2)4(5)6;2*1-4(2)3;/h3H,1-2H3,(H,5,6);2*4H,1H2,2-3H3;. The summed E-state index contributed by atoms with van der Waals surface area (Å²) in [6.45, 7) is 12.5. The Balaban J connectivity index is 0. The van der Waals surface area contributed by atoms with Crippen molar-refractivity contribution in [1.29, 1.82) is 0 Å². The summed E-state index contributed by atoms with van der Waals surface area (Å²) in [5.74, 6) is 0.887. The molecule has 15 heavy (non-hydrogen) atoms. The maximum atomic E-state index is 9.70. The van der Waals surface area contributed by atoms with Gasteiger partial charge in [0.1, 0.15) is 0 Å². The molecule has 0 saturated heterocycles. The first-order valence-corrected chi connectivity index (χ1v) is 7.45. The number of carbonyl (C=O) groups is 1. The molecule has 0 fully saturated rings. The molecule has 1 radical (unpaired) electrons. The van der Waals surface area contributed by atoms with Crippen molar-refractivity contribution in [2.75, 3.05) is 0 Å². The SMILES string of the molecule is CC(C)C(=O)O.CC(C)[CH2][Al][CH2]C(C)C. The maximum Gasteiger partial charge on any atom is 0.305 e. The summed E-state index contributed by atoms with van der Waals surface area (Å²) in [5.41, 5.74) is 0. The van der Waals surface area contributed by atoms with E-state index in [0.29, 0.717) is 0 Å². The second-order valence-corrected chi connectivity index (χ2v) is 6.56. The van der Waals surface area contributed by atoms with Gasteiger partial charge < -0.3 is 5.11 Å². The van der Waals surface area contributed by atoms with Crippen molar-refractivity contribution < 1.29 is 9.90 Å². The first kappa shape index (κ1) is 17.4. The normalized spacial score (nSPS) is 10.2. The lowest BCUT2D eigenvalue weighted by Crippen LogP contribution is -2.03. The number of carboxylic acids is 1. The third-order valence-corrected chi connectivity index (χ3v) is 4.32. The van der Waals surface area contributed by atoms with Crippen LogP contribution in [0.15, 0.2) is 0 Å². The van der Waals surface area contributed by atoms with Gasteiger partial charge in [0.2, 0.25) is 15.2 Å². The summed E-state index contributed by atoms with van der Waals surface area (Å²) >= 11 is 0.755. The number of aliphatic carboxylic acids is 1. The molecule has 0 aromatic rings. The van der Waals surface area contributed by atoms with E-state index in [1.807, 2.05) is 0 Å². The first-order valence-electron chi connectivity index (χ1n) is 5.81. The zero-order valence-electron chi connectivity index (χ0n) is 11.1. The van der Waals surface area contributed by atoms with Gasteiger partial charge in [-0.1, -0.05) is 53.4 Å². The average molecular weight is 229 g/mol. The molecule has 0 aliphatic rings. The predicted molar refractivity (Wildman–Crippen MR) is 67.5 cm³/mol. The number of carboxylic acid groups (broad SMARTS) is 1. The van der Waals surface area contributed by atoms with Crippen LogP contribution in [-0.2, 0) is 4.79 Å². The largest absolute Gasteiger partial charge is 0.481 e. The maximum absolute atomic E-state index is 9.70. The van der Waals surface area contributed by atoms with E-state index >= 15 is 0 Å². The van der Waals surface area contributed by atoms with Gasteiger partial charge in [0.15, 0.2) is 0 Å². The lowest BCUT2D eigenvalue weighted by molar-refractivity contribution is -0.140. The Morgan fingerprint density at radius 3 is 1.40 bits per heavy atom. The van der Waals surface area contributed by atoms with Gasteiger partial charge in [-0.15, -0.1) is 10.6 Å². The van der Waals surface area contributed by atoms with Gasteiger partial charge in [-0.25, -0.2) is 0 Å². The molecule has 0 rings (SSSR count). The van der Waals surface area contributed by atoms with Crippen molar-refractivity contribution >= 4 is 21.2 Å². The summed E-state index contributed by atoms with van der Waals surface area (Å²) in [6, 6.07) is 0. The van der Waals surface area contributed by atoms with Gasteiger partial charge in [-0.3, -0.25) is 4.79 Å². The Labute approximate surface area is 101 Å². The zero-order valence-corrected chi connectivity index (χ0v) is 12.2. The molecule has 0 aromatic carbocycles.